The van der Waals surface area contributed by atoms with Crippen molar-refractivity contribution in [3.63, 3.8) is 0 Å². The molecule has 2 N–H and O–H groups in total. The summed E-state index contributed by atoms with van der Waals surface area (Å²) in [4.78, 5) is 12.0. The summed E-state index contributed by atoms with van der Waals surface area (Å²) < 4.78 is 38.0. The van der Waals surface area contributed by atoms with E-state index in [1.54, 1.807) is 20.0 Å². The van der Waals surface area contributed by atoms with E-state index in [9.17, 15) is 18.0 Å². The predicted octanol–water partition coefficient (Wildman–Crippen LogP) is 2.53. The molecule has 0 saturated carbocycles. The highest BCUT2D eigenvalue weighted by Gasteiger charge is 2.31. The van der Waals surface area contributed by atoms with Gasteiger partial charge in [-0.15, -0.1) is 0 Å². The Morgan fingerprint density at radius 3 is 2.55 bits per heavy atom. The minimum atomic E-state index is -4.39. The molecule has 1 aromatic carbocycles. The highest BCUT2D eigenvalue weighted by Crippen LogP contribution is 2.31. The molecule has 1 atom stereocenters. The molecule has 0 radical (unpaired) electrons. The number of halogens is 3. The summed E-state index contributed by atoms with van der Waals surface area (Å²) in [5, 5.41) is 5.59. The van der Waals surface area contributed by atoms with Crippen LogP contribution in [0, 0.1) is 0 Å². The van der Waals surface area contributed by atoms with Gasteiger partial charge in [0, 0.05) is 13.1 Å². The Kier molecular flexibility index (Phi) is 6.01. The van der Waals surface area contributed by atoms with Crippen LogP contribution in [0.5, 0.6) is 0 Å². The van der Waals surface area contributed by atoms with Gasteiger partial charge in [-0.25, -0.2) is 0 Å². The summed E-state index contributed by atoms with van der Waals surface area (Å²) in [6, 6.07) is 4.95. The van der Waals surface area contributed by atoms with Crippen LogP contribution in [0.25, 0.3) is 0 Å². The van der Waals surface area contributed by atoms with E-state index in [-0.39, 0.29) is 5.91 Å². The second-order valence-corrected chi connectivity index (χ2v) is 4.48. The third-order valence-electron chi connectivity index (χ3n) is 3.02. The average Bonchev–Trinajstić information content (AvgIpc) is 2.39. The average molecular weight is 288 g/mol. The van der Waals surface area contributed by atoms with Crippen molar-refractivity contribution in [2.24, 2.45) is 0 Å². The van der Waals surface area contributed by atoms with Gasteiger partial charge in [-0.1, -0.05) is 25.1 Å². The molecule has 0 aromatic heterocycles. The van der Waals surface area contributed by atoms with Gasteiger partial charge < -0.3 is 10.6 Å². The zero-order valence-electron chi connectivity index (χ0n) is 11.6. The first kappa shape index (κ1) is 16.5. The number of hydrogen-bond acceptors (Lipinski definition) is 2. The molecule has 0 bridgehead atoms. The van der Waals surface area contributed by atoms with Gasteiger partial charge in [-0.3, -0.25) is 4.79 Å². The largest absolute Gasteiger partial charge is 0.416 e. The highest BCUT2D eigenvalue weighted by molar-refractivity contribution is 5.83. The smallest absolute Gasteiger partial charge is 0.354 e. The molecule has 6 heteroatoms. The number of likely N-dealkylation sites (N-methyl/N-ethyl adjacent to an activating group) is 1. The first-order chi connectivity index (χ1) is 9.40. The molecule has 1 rings (SSSR count). The summed E-state index contributed by atoms with van der Waals surface area (Å²) in [6.45, 7) is 2.85. The number of rotatable bonds is 6. The zero-order valence-corrected chi connectivity index (χ0v) is 11.6. The van der Waals surface area contributed by atoms with Crippen LogP contribution in [-0.4, -0.2) is 26.0 Å². The van der Waals surface area contributed by atoms with Crippen molar-refractivity contribution >= 4 is 5.91 Å². The number of alkyl halides is 3. The molecule has 0 aliphatic heterocycles. The maximum atomic E-state index is 12.7. The summed E-state index contributed by atoms with van der Waals surface area (Å²) in [6.07, 6.45) is -3.94. The zero-order chi connectivity index (χ0) is 15.2. The van der Waals surface area contributed by atoms with Gasteiger partial charge in [0.15, 0.2) is 0 Å². The fourth-order valence-electron chi connectivity index (χ4n) is 1.94. The van der Waals surface area contributed by atoms with E-state index >= 15 is 0 Å². The quantitative estimate of drug-likeness (QED) is 0.790. The van der Waals surface area contributed by atoms with E-state index in [0.717, 1.165) is 12.1 Å². The maximum absolute atomic E-state index is 12.7. The van der Waals surface area contributed by atoms with Crippen LogP contribution in [0.15, 0.2) is 24.3 Å². The SMILES string of the molecule is CCC(C(=O)NCCNC)c1cccc(C(F)(F)F)c1. The normalized spacial score (nSPS) is 13.1. The summed E-state index contributed by atoms with van der Waals surface area (Å²) in [5.41, 5.74) is -0.333. The van der Waals surface area contributed by atoms with Crippen molar-refractivity contribution in [2.45, 2.75) is 25.4 Å². The fourth-order valence-corrected chi connectivity index (χ4v) is 1.94. The van der Waals surface area contributed by atoms with Gasteiger partial charge in [0.25, 0.3) is 0 Å². The molecular formula is C14H19F3N2O. The molecule has 0 spiro atoms. The Labute approximate surface area is 116 Å². The van der Waals surface area contributed by atoms with E-state index in [2.05, 4.69) is 10.6 Å². The van der Waals surface area contributed by atoms with Crippen molar-refractivity contribution < 1.29 is 18.0 Å². The maximum Gasteiger partial charge on any atom is 0.416 e. The fraction of sp³-hybridized carbons (Fsp3) is 0.500. The van der Waals surface area contributed by atoms with Gasteiger partial charge in [0.1, 0.15) is 0 Å². The lowest BCUT2D eigenvalue weighted by atomic mass is 9.94. The van der Waals surface area contributed by atoms with Gasteiger partial charge in [-0.2, -0.15) is 13.2 Å². The van der Waals surface area contributed by atoms with E-state index in [1.165, 1.54) is 6.07 Å². The van der Waals surface area contributed by atoms with Crippen molar-refractivity contribution in [2.75, 3.05) is 20.1 Å². The molecule has 3 nitrogen and oxygen atoms in total. The van der Waals surface area contributed by atoms with Crippen LogP contribution in [-0.2, 0) is 11.0 Å². The van der Waals surface area contributed by atoms with Crippen molar-refractivity contribution in [3.05, 3.63) is 35.4 Å². The van der Waals surface area contributed by atoms with Crippen molar-refractivity contribution in [1.29, 1.82) is 0 Å². The minimum absolute atomic E-state index is 0.248. The van der Waals surface area contributed by atoms with E-state index in [1.807, 2.05) is 0 Å². The molecule has 112 valence electrons. The number of benzene rings is 1. The molecule has 0 aliphatic carbocycles. The number of amides is 1. The van der Waals surface area contributed by atoms with Gasteiger partial charge in [0.05, 0.1) is 11.5 Å². The lowest BCUT2D eigenvalue weighted by Gasteiger charge is -2.17. The summed E-state index contributed by atoms with van der Waals surface area (Å²) >= 11 is 0. The van der Waals surface area contributed by atoms with Crippen LogP contribution in [0.3, 0.4) is 0 Å². The van der Waals surface area contributed by atoms with Crippen molar-refractivity contribution in [3.8, 4) is 0 Å². The Balaban J connectivity index is 2.87. The third kappa shape index (κ3) is 4.52. The molecular weight excluding hydrogens is 269 g/mol. The molecule has 0 heterocycles. The molecule has 1 unspecified atom stereocenters. The monoisotopic (exact) mass is 288 g/mol. The van der Waals surface area contributed by atoms with Crippen LogP contribution >= 0.6 is 0 Å². The first-order valence-electron chi connectivity index (χ1n) is 6.49. The second-order valence-electron chi connectivity index (χ2n) is 4.48. The van der Waals surface area contributed by atoms with E-state index in [0.29, 0.717) is 25.1 Å². The first-order valence-corrected chi connectivity index (χ1v) is 6.49. The van der Waals surface area contributed by atoms with Crippen LogP contribution in [0.1, 0.15) is 30.4 Å². The Morgan fingerprint density at radius 1 is 1.30 bits per heavy atom. The number of carbonyl (C=O) groups excluding carboxylic acids is 1. The number of nitrogens with one attached hydrogen (secondary N) is 2. The van der Waals surface area contributed by atoms with E-state index < -0.39 is 17.7 Å². The Morgan fingerprint density at radius 2 is 2.00 bits per heavy atom. The Bertz CT molecular complexity index is 446. The Hall–Kier alpha value is -1.56. The van der Waals surface area contributed by atoms with E-state index in [4.69, 9.17) is 0 Å². The molecule has 1 aromatic rings. The molecule has 0 saturated heterocycles. The molecule has 0 aliphatic rings. The van der Waals surface area contributed by atoms with Crippen LogP contribution < -0.4 is 10.6 Å². The second kappa shape index (κ2) is 7.28. The highest BCUT2D eigenvalue weighted by atomic mass is 19.4. The number of carbonyl (C=O) groups is 1. The summed E-state index contributed by atoms with van der Waals surface area (Å²) in [7, 11) is 1.76. The van der Waals surface area contributed by atoms with Crippen molar-refractivity contribution in [1.82, 2.24) is 10.6 Å². The van der Waals surface area contributed by atoms with Crippen LogP contribution in [0.2, 0.25) is 0 Å². The summed E-state index contributed by atoms with van der Waals surface area (Å²) in [5.74, 6) is -0.809. The third-order valence-corrected chi connectivity index (χ3v) is 3.02. The minimum Gasteiger partial charge on any atom is -0.354 e. The predicted molar refractivity (Wildman–Crippen MR) is 71.4 cm³/mol. The van der Waals surface area contributed by atoms with Gasteiger partial charge >= 0.3 is 6.18 Å². The van der Waals surface area contributed by atoms with Crippen LogP contribution in [0.4, 0.5) is 13.2 Å². The topological polar surface area (TPSA) is 41.1 Å². The van der Waals surface area contributed by atoms with Gasteiger partial charge in [-0.05, 0) is 25.1 Å². The lowest BCUT2D eigenvalue weighted by Crippen LogP contribution is -2.34. The number of hydrogen-bond donors (Lipinski definition) is 2. The standard InChI is InChI=1S/C14H19F3N2O/c1-3-12(13(20)19-8-7-18-2)10-5-4-6-11(9-10)14(15,16)17/h4-6,9,12,18H,3,7-8H2,1-2H3,(H,19,20). The molecule has 20 heavy (non-hydrogen) atoms. The molecule has 1 amide bonds. The van der Waals surface area contributed by atoms with Gasteiger partial charge in [0.2, 0.25) is 5.91 Å². The lowest BCUT2D eigenvalue weighted by molar-refractivity contribution is -0.137. The molecule has 0 fully saturated rings.